The Kier molecular flexibility index (Phi) is 25.2. The molecule has 0 aliphatic heterocycles. The van der Waals surface area contributed by atoms with E-state index in [4.69, 9.17) is 11.5 Å². The van der Waals surface area contributed by atoms with E-state index in [0.29, 0.717) is 11.3 Å². The summed E-state index contributed by atoms with van der Waals surface area (Å²) in [4.78, 5) is 178. The minimum Gasteiger partial charge on any atom is -0.508 e. The quantitative estimate of drug-likeness (QED) is 0.0207. The predicted molar refractivity (Wildman–Crippen MR) is 282 cm³/mol. The van der Waals surface area contributed by atoms with Gasteiger partial charge in [0.1, 0.15) is 48.0 Å². The van der Waals surface area contributed by atoms with E-state index in [1.54, 1.807) is 0 Å². The lowest BCUT2D eigenvalue weighted by Crippen LogP contribution is -2.62. The summed E-state index contributed by atoms with van der Waals surface area (Å²) >= 11 is 0. The second kappa shape index (κ2) is 31.8. The molecule has 11 atom stereocenters. The second-order valence-electron chi connectivity index (χ2n) is 19.0. The van der Waals surface area contributed by atoms with Crippen molar-refractivity contribution in [2.45, 2.75) is 132 Å². The highest BCUT2D eigenvalue weighted by atomic mass is 16.4. The molecule has 3 aromatic heterocycles. The van der Waals surface area contributed by atoms with Crippen molar-refractivity contribution in [2.75, 3.05) is 6.54 Å². The zero-order valence-corrected chi connectivity index (χ0v) is 44.9. The van der Waals surface area contributed by atoms with Crippen LogP contribution in [0.5, 0.6) is 5.75 Å². The molecule has 0 unspecified atom stereocenters. The summed E-state index contributed by atoms with van der Waals surface area (Å²) in [5, 5.41) is 70.7. The molecular weight excluding hydrogens is 1100 g/mol. The third kappa shape index (κ3) is 22.0. The first-order valence-electron chi connectivity index (χ1n) is 25.4. The average molecular weight is 1170 g/mol. The molecule has 0 bridgehead atoms. The number of phenolic OH excluding ortho intramolecular Hbond substituents is 1. The zero-order chi connectivity index (χ0) is 61.5. The summed E-state index contributed by atoms with van der Waals surface area (Å²) in [7, 11) is 0. The van der Waals surface area contributed by atoms with Crippen molar-refractivity contribution in [1.29, 1.82) is 0 Å². The summed E-state index contributed by atoms with van der Waals surface area (Å²) in [5.41, 5.74) is 12.4. The van der Waals surface area contributed by atoms with E-state index in [1.165, 1.54) is 68.8 Å². The van der Waals surface area contributed by atoms with Crippen molar-refractivity contribution in [2.24, 2.45) is 11.5 Å². The number of hydrogen-bond donors (Lipinski definition) is 19. The number of benzene rings is 1. The zero-order valence-electron chi connectivity index (χ0n) is 44.9. The Morgan fingerprint density at radius 2 is 0.952 bits per heavy atom. The molecule has 0 aliphatic carbocycles. The number of aromatic nitrogens is 6. The van der Waals surface area contributed by atoms with Gasteiger partial charge in [0.2, 0.25) is 59.1 Å². The number of aliphatic hydroxyl groups excluding tert-OH is 2. The van der Waals surface area contributed by atoms with Gasteiger partial charge in [-0.25, -0.2) is 19.7 Å². The standard InChI is InChI=1S/C49H67N17O17/c1-22(41(74)66-40(24(3)68)49(82)83)59-37(71)18-55-43(76)32(11-26-15-52-19-56-26)62-45(78)34(13-28-17-54-21-58-28)63-46(79)35(14-38(72)73)64-48(81)39(23(2)67)65-47(80)31(10-25-4-6-29(69)7-5-25)61-44(77)33(12-27-16-53-20-57-27)60-42(75)30(50)8-9-36(51)70/h4-7,15-17,19-24,30-35,39-40,67-69H,8-14,18,50H2,1-3H3,(H2,51,70)(H,52,56)(H,53,57)(H,54,58)(H,55,76)(H,59,71)(H,60,75)(H,61,77)(H,62,78)(H,63,79)(H,64,81)(H,65,80)(H,66,74)(H,72,73)(H,82,83)/t22-,23+,24+,30-,31-,32-,33-,34-,35-,39-,40-/m0/s1. The highest BCUT2D eigenvalue weighted by Crippen LogP contribution is 2.13. The summed E-state index contributed by atoms with van der Waals surface area (Å²) in [6.45, 7) is 2.60. The Labute approximate surface area is 471 Å². The molecule has 0 aliphatic rings. The van der Waals surface area contributed by atoms with Crippen molar-refractivity contribution >= 4 is 71.0 Å². The number of nitrogens with one attached hydrogen (secondary N) is 12. The molecule has 0 spiro atoms. The van der Waals surface area contributed by atoms with Gasteiger partial charge in [-0.1, -0.05) is 12.1 Å². The SMILES string of the molecule is C[C@H](NC(=O)CNC(=O)[C@H](Cc1cnc[nH]1)NC(=O)[C@H](Cc1cnc[nH]1)NC(=O)[C@H](CC(=O)O)NC(=O)[C@@H](NC(=O)[C@H](Cc1ccc(O)cc1)NC(=O)[C@H](Cc1cnc[nH]1)NC(=O)[C@@H](N)CCC(N)=O)[C@@H](C)O)C(=O)N[C@H](C(=O)O)[C@@H](C)O. The number of carboxylic acids is 2. The number of aromatic hydroxyl groups is 1. The van der Waals surface area contributed by atoms with Crippen molar-refractivity contribution in [3.05, 3.63) is 84.5 Å². The van der Waals surface area contributed by atoms with Crippen LogP contribution in [-0.4, -0.2) is 200 Å². The van der Waals surface area contributed by atoms with Gasteiger partial charge in [-0.3, -0.25) is 52.7 Å². The van der Waals surface area contributed by atoms with Gasteiger partial charge in [0.15, 0.2) is 6.04 Å². The minimum atomic E-state index is -2.06. The van der Waals surface area contributed by atoms with E-state index in [2.05, 4.69) is 77.8 Å². The minimum absolute atomic E-state index is 0.155. The van der Waals surface area contributed by atoms with E-state index in [-0.39, 0.29) is 49.2 Å². The van der Waals surface area contributed by atoms with Crippen LogP contribution < -0.4 is 59.3 Å². The smallest absolute Gasteiger partial charge is 0.328 e. The van der Waals surface area contributed by atoms with Gasteiger partial charge in [0, 0.05) is 67.8 Å². The Balaban J connectivity index is 1.55. The maximum absolute atomic E-state index is 14.3. The van der Waals surface area contributed by atoms with Gasteiger partial charge in [-0.15, -0.1) is 0 Å². The first kappa shape index (κ1) is 65.7. The van der Waals surface area contributed by atoms with Crippen molar-refractivity contribution < 1.29 is 83.1 Å². The lowest BCUT2D eigenvalue weighted by atomic mass is 10.0. The van der Waals surface area contributed by atoms with Crippen LogP contribution in [0.15, 0.2) is 61.8 Å². The molecule has 4 rings (SSSR count). The van der Waals surface area contributed by atoms with E-state index in [9.17, 15) is 83.1 Å². The summed E-state index contributed by atoms with van der Waals surface area (Å²) in [6, 6.07) is -9.38. The third-order valence-corrected chi connectivity index (χ3v) is 12.2. The maximum atomic E-state index is 14.3. The number of carboxylic acid groups (broad SMARTS) is 2. The number of carbonyl (C=O) groups is 12. The first-order chi connectivity index (χ1) is 39.2. The fourth-order valence-electron chi connectivity index (χ4n) is 7.70. The third-order valence-electron chi connectivity index (χ3n) is 12.2. The molecule has 34 nitrogen and oxygen atoms in total. The molecule has 3 heterocycles. The topological polar surface area (TPSA) is 552 Å². The lowest BCUT2D eigenvalue weighted by molar-refractivity contribution is -0.145. The molecule has 0 saturated heterocycles. The molecular formula is C49H67N17O17. The van der Waals surface area contributed by atoms with Crippen molar-refractivity contribution in [3.63, 3.8) is 0 Å². The molecule has 10 amide bonds. The number of aromatic amines is 3. The molecule has 83 heavy (non-hydrogen) atoms. The number of aliphatic carboxylic acids is 2. The Morgan fingerprint density at radius 3 is 1.39 bits per heavy atom. The first-order valence-corrected chi connectivity index (χ1v) is 25.4. The number of nitrogens with two attached hydrogens (primary N) is 2. The highest BCUT2D eigenvalue weighted by Gasteiger charge is 2.37. The van der Waals surface area contributed by atoms with Gasteiger partial charge >= 0.3 is 11.9 Å². The number of imidazole rings is 3. The maximum Gasteiger partial charge on any atom is 0.328 e. The van der Waals surface area contributed by atoms with Crippen LogP contribution in [0.4, 0.5) is 0 Å². The van der Waals surface area contributed by atoms with Crippen molar-refractivity contribution in [1.82, 2.24) is 77.8 Å². The Hall–Kier alpha value is -9.83. The molecule has 450 valence electrons. The number of hydrogen-bond acceptors (Lipinski definition) is 19. The molecule has 0 radical (unpaired) electrons. The average Bonchev–Trinajstić information content (AvgIpc) is 4.28. The normalized spacial score (nSPS) is 15.0. The molecule has 1 aromatic carbocycles. The number of aliphatic hydroxyl groups is 2. The van der Waals surface area contributed by atoms with Crippen LogP contribution in [0.2, 0.25) is 0 Å². The Bertz CT molecular complexity index is 2870. The number of H-pyrrole nitrogens is 3. The molecule has 34 heteroatoms. The van der Waals surface area contributed by atoms with Crippen LogP contribution in [0.25, 0.3) is 0 Å². The van der Waals surface area contributed by atoms with Gasteiger partial charge in [-0.05, 0) is 44.9 Å². The number of carbonyl (C=O) groups excluding carboxylic acids is 10. The van der Waals surface area contributed by atoms with Crippen molar-refractivity contribution in [3.8, 4) is 5.75 Å². The fraction of sp³-hybridized carbons (Fsp3) is 0.449. The van der Waals surface area contributed by atoms with Crippen LogP contribution in [0, 0.1) is 0 Å². The predicted octanol–water partition coefficient (Wildman–Crippen LogP) is -7.24. The van der Waals surface area contributed by atoms with Crippen LogP contribution in [-0.2, 0) is 83.2 Å². The second-order valence-corrected chi connectivity index (χ2v) is 19.0. The fourth-order valence-corrected chi connectivity index (χ4v) is 7.70. The summed E-state index contributed by atoms with van der Waals surface area (Å²) < 4.78 is 0. The van der Waals surface area contributed by atoms with Crippen LogP contribution >= 0.6 is 0 Å². The van der Waals surface area contributed by atoms with Gasteiger partial charge in [-0.2, -0.15) is 0 Å². The number of amides is 10. The van der Waals surface area contributed by atoms with Gasteiger partial charge in [0.05, 0.1) is 50.2 Å². The number of nitrogens with zero attached hydrogens (tertiary/aromatic N) is 3. The largest absolute Gasteiger partial charge is 0.508 e. The molecule has 0 saturated carbocycles. The number of phenols is 1. The lowest BCUT2D eigenvalue weighted by Gasteiger charge is -2.28. The molecule has 0 fully saturated rings. The van der Waals surface area contributed by atoms with Gasteiger partial charge < -0.3 is 99.8 Å². The number of rotatable bonds is 34. The van der Waals surface area contributed by atoms with E-state index >= 15 is 0 Å². The van der Waals surface area contributed by atoms with Gasteiger partial charge in [0.25, 0.3) is 0 Å². The number of primary amides is 1. The highest BCUT2D eigenvalue weighted by molar-refractivity contribution is 5.99. The van der Waals surface area contributed by atoms with E-state index in [1.807, 2.05) is 0 Å². The van der Waals surface area contributed by atoms with Crippen LogP contribution in [0.3, 0.4) is 0 Å². The van der Waals surface area contributed by atoms with Crippen LogP contribution in [0.1, 0.15) is 62.7 Å². The monoisotopic (exact) mass is 1170 g/mol. The Morgan fingerprint density at radius 1 is 0.530 bits per heavy atom. The molecule has 21 N–H and O–H groups in total. The van der Waals surface area contributed by atoms with E-state index < -0.39 is 157 Å². The summed E-state index contributed by atoms with van der Waals surface area (Å²) in [5.74, 6) is -13.7. The summed E-state index contributed by atoms with van der Waals surface area (Å²) in [6.07, 6.45) is 1.56. The van der Waals surface area contributed by atoms with E-state index in [0.717, 1.165) is 13.8 Å². The molecule has 4 aromatic rings.